The van der Waals surface area contributed by atoms with Gasteiger partial charge in [-0.25, -0.2) is 31.5 Å². The van der Waals surface area contributed by atoms with Gasteiger partial charge in [0.15, 0.2) is 29.1 Å². The molecule has 0 saturated carbocycles. The van der Waals surface area contributed by atoms with E-state index in [1.165, 1.54) is 17.9 Å². The molecule has 0 aliphatic carbocycles. The van der Waals surface area contributed by atoms with Crippen molar-refractivity contribution in [2.24, 2.45) is 5.16 Å². The molecule has 0 spiro atoms. The molecule has 0 radical (unpaired) electrons. The molecule has 200 valence electrons. The second-order valence-corrected chi connectivity index (χ2v) is 8.80. The van der Waals surface area contributed by atoms with Gasteiger partial charge in [0.1, 0.15) is 11.2 Å². The van der Waals surface area contributed by atoms with E-state index < -0.39 is 58.4 Å². The van der Waals surface area contributed by atoms with Gasteiger partial charge >= 0.3 is 12.1 Å². The summed E-state index contributed by atoms with van der Waals surface area (Å²) in [4.78, 5) is 30.8. The van der Waals surface area contributed by atoms with Gasteiger partial charge < -0.3 is 19.8 Å². The Hall–Kier alpha value is -3.96. The van der Waals surface area contributed by atoms with E-state index in [0.717, 1.165) is 5.56 Å². The van der Waals surface area contributed by atoms with Gasteiger partial charge in [-0.3, -0.25) is 0 Å². The summed E-state index contributed by atoms with van der Waals surface area (Å²) >= 11 is 0. The summed E-state index contributed by atoms with van der Waals surface area (Å²) < 4.78 is 73.8. The molecule has 1 amide bonds. The van der Waals surface area contributed by atoms with Gasteiger partial charge in [-0.05, 0) is 33.3 Å². The maximum absolute atomic E-state index is 14.1. The molecule has 2 aromatic carbocycles. The van der Waals surface area contributed by atoms with E-state index in [9.17, 15) is 31.5 Å². The number of benzene rings is 2. The molecule has 0 aliphatic heterocycles. The number of amides is 1. The zero-order chi connectivity index (χ0) is 27.9. The number of carbonyl (C=O) groups is 2. The molecule has 0 heterocycles. The van der Waals surface area contributed by atoms with Crippen molar-refractivity contribution in [2.45, 2.75) is 45.9 Å². The van der Waals surface area contributed by atoms with Crippen LogP contribution in [0.3, 0.4) is 0 Å². The number of hydrogen-bond donors (Lipinski definition) is 1. The zero-order valence-corrected chi connectivity index (χ0v) is 20.6. The van der Waals surface area contributed by atoms with Gasteiger partial charge in [-0.2, -0.15) is 0 Å². The summed E-state index contributed by atoms with van der Waals surface area (Å²) in [7, 11) is 0. The van der Waals surface area contributed by atoms with Crippen molar-refractivity contribution < 1.29 is 41.1 Å². The Morgan fingerprint density at radius 1 is 1.03 bits per heavy atom. The molecule has 0 aromatic heterocycles. The van der Waals surface area contributed by atoms with Gasteiger partial charge in [-0.1, -0.05) is 41.6 Å². The molecule has 12 heteroatoms. The van der Waals surface area contributed by atoms with E-state index in [0.29, 0.717) is 0 Å². The average Bonchev–Trinajstić information content (AvgIpc) is 2.81. The van der Waals surface area contributed by atoms with Gasteiger partial charge in [0.2, 0.25) is 5.82 Å². The van der Waals surface area contributed by atoms with Crippen molar-refractivity contribution in [3.63, 3.8) is 0 Å². The lowest BCUT2D eigenvalue weighted by atomic mass is 10.1. The fraction of sp³-hybridized carbons (Fsp3) is 0.320. The first kappa shape index (κ1) is 29.3. The SMILES string of the molecule is C=CCN(Cc1ccccc1)/C(=N/OC(=O)c1c(F)c(F)c(F)c(F)c1F)[C@H](C)NC(=O)OC(C)(C)C. The van der Waals surface area contributed by atoms with E-state index in [2.05, 4.69) is 21.9 Å². The third kappa shape index (κ3) is 7.76. The molecule has 1 N–H and O–H groups in total. The number of amidine groups is 1. The lowest BCUT2D eigenvalue weighted by Crippen LogP contribution is -2.48. The second kappa shape index (κ2) is 12.3. The normalized spacial score (nSPS) is 12.5. The molecular formula is C25H26F5N3O4. The molecule has 2 rings (SSSR count). The van der Waals surface area contributed by atoms with Crippen LogP contribution in [0.25, 0.3) is 0 Å². The van der Waals surface area contributed by atoms with Crippen molar-refractivity contribution in [2.75, 3.05) is 6.54 Å². The number of oxime groups is 1. The Bertz CT molecular complexity index is 1150. The minimum absolute atomic E-state index is 0.105. The van der Waals surface area contributed by atoms with Crippen LogP contribution in [0, 0.1) is 29.1 Å². The molecule has 0 aliphatic rings. The van der Waals surface area contributed by atoms with Gasteiger partial charge in [0, 0.05) is 13.1 Å². The van der Waals surface area contributed by atoms with E-state index in [4.69, 9.17) is 4.74 Å². The average molecular weight is 527 g/mol. The molecule has 0 bridgehead atoms. The number of halogens is 5. The predicted molar refractivity (Wildman–Crippen MR) is 125 cm³/mol. The van der Waals surface area contributed by atoms with Crippen LogP contribution in [0.1, 0.15) is 43.6 Å². The van der Waals surface area contributed by atoms with E-state index in [1.54, 1.807) is 51.1 Å². The van der Waals surface area contributed by atoms with Gasteiger partial charge in [0.25, 0.3) is 0 Å². The van der Waals surface area contributed by atoms with Crippen LogP contribution < -0.4 is 5.32 Å². The van der Waals surface area contributed by atoms with Gasteiger partial charge in [0.05, 0.1) is 6.04 Å². The lowest BCUT2D eigenvalue weighted by molar-refractivity contribution is 0.0489. The first-order chi connectivity index (χ1) is 17.3. The minimum Gasteiger partial charge on any atom is -0.444 e. The highest BCUT2D eigenvalue weighted by molar-refractivity contribution is 5.93. The predicted octanol–water partition coefficient (Wildman–Crippen LogP) is 5.45. The lowest BCUT2D eigenvalue weighted by Gasteiger charge is -2.29. The molecular weight excluding hydrogens is 501 g/mol. The first-order valence-electron chi connectivity index (χ1n) is 11.0. The summed E-state index contributed by atoms with van der Waals surface area (Å²) in [6, 6.07) is 7.87. The fourth-order valence-electron chi connectivity index (χ4n) is 3.08. The summed E-state index contributed by atoms with van der Waals surface area (Å²) in [5, 5.41) is 6.13. The van der Waals surface area contributed by atoms with Crippen LogP contribution in [-0.4, -0.2) is 41.0 Å². The van der Waals surface area contributed by atoms with E-state index >= 15 is 0 Å². The topological polar surface area (TPSA) is 80.2 Å². The van der Waals surface area contributed by atoms with Crippen molar-refractivity contribution in [1.82, 2.24) is 10.2 Å². The number of hydrogen-bond acceptors (Lipinski definition) is 5. The zero-order valence-electron chi connectivity index (χ0n) is 20.6. The maximum Gasteiger partial charge on any atom is 0.408 e. The smallest absolute Gasteiger partial charge is 0.408 e. The highest BCUT2D eigenvalue weighted by atomic mass is 19.2. The Morgan fingerprint density at radius 3 is 2.08 bits per heavy atom. The highest BCUT2D eigenvalue weighted by Gasteiger charge is 2.32. The minimum atomic E-state index is -2.43. The number of ether oxygens (including phenoxy) is 1. The van der Waals surface area contributed by atoms with Crippen LogP contribution in [-0.2, 0) is 16.1 Å². The van der Waals surface area contributed by atoms with Crippen LogP contribution in [0.15, 0.2) is 48.1 Å². The summed E-state index contributed by atoms with van der Waals surface area (Å²) in [5.41, 5.74) is -1.89. The molecule has 0 saturated heterocycles. The number of nitrogens with one attached hydrogen (secondary N) is 1. The molecule has 0 fully saturated rings. The molecule has 37 heavy (non-hydrogen) atoms. The molecule has 1 atom stereocenters. The largest absolute Gasteiger partial charge is 0.444 e. The summed E-state index contributed by atoms with van der Waals surface area (Å²) in [6.07, 6.45) is 0.627. The second-order valence-electron chi connectivity index (χ2n) is 8.80. The Balaban J connectivity index is 2.46. The van der Waals surface area contributed by atoms with Crippen molar-refractivity contribution >= 4 is 17.9 Å². The molecule has 7 nitrogen and oxygen atoms in total. The highest BCUT2D eigenvalue weighted by Crippen LogP contribution is 2.24. The molecule has 0 unspecified atom stereocenters. The maximum atomic E-state index is 14.1. The monoisotopic (exact) mass is 527 g/mol. The van der Waals surface area contributed by atoms with Crippen LogP contribution in [0.4, 0.5) is 26.7 Å². The molecule has 2 aromatic rings. The van der Waals surface area contributed by atoms with Crippen LogP contribution >= 0.6 is 0 Å². The quantitative estimate of drug-likeness (QED) is 0.0722. The fourth-order valence-corrected chi connectivity index (χ4v) is 3.08. The number of nitrogens with zero attached hydrogens (tertiary/aromatic N) is 2. The van der Waals surface area contributed by atoms with Crippen molar-refractivity contribution in [1.29, 1.82) is 0 Å². The van der Waals surface area contributed by atoms with E-state index in [-0.39, 0.29) is 18.9 Å². The third-order valence-electron chi connectivity index (χ3n) is 4.65. The number of rotatable bonds is 8. The van der Waals surface area contributed by atoms with Crippen LogP contribution in [0.5, 0.6) is 0 Å². The number of carbonyl (C=O) groups excluding carboxylic acids is 2. The van der Waals surface area contributed by atoms with Crippen molar-refractivity contribution in [3.8, 4) is 0 Å². The van der Waals surface area contributed by atoms with Crippen molar-refractivity contribution in [3.05, 3.63) is 83.2 Å². The van der Waals surface area contributed by atoms with Crippen LogP contribution in [0.2, 0.25) is 0 Å². The van der Waals surface area contributed by atoms with E-state index in [1.807, 2.05) is 0 Å². The third-order valence-corrected chi connectivity index (χ3v) is 4.65. The Kier molecular flexibility index (Phi) is 9.75. The standard InChI is InChI=1S/C25H26F5N3O4/c1-6-12-33(13-15-10-8-7-9-11-15)22(14(2)31-24(35)36-25(3,4)5)32-37-23(34)16-17(26)19(28)21(30)20(29)18(16)27/h6-11,14H,1,12-13H2,2-5H3,(H,31,35)/b32-22+/t14-/m0/s1. The van der Waals surface area contributed by atoms with Gasteiger partial charge in [-0.15, -0.1) is 6.58 Å². The number of alkyl carbamates (subject to hydrolysis) is 1. The first-order valence-corrected chi connectivity index (χ1v) is 11.0. The summed E-state index contributed by atoms with van der Waals surface area (Å²) in [5.74, 6) is -13.9. The Morgan fingerprint density at radius 2 is 1.57 bits per heavy atom. The Labute approximate surface area is 210 Å². The summed E-state index contributed by atoms with van der Waals surface area (Å²) in [6.45, 7) is 10.3.